The molecule has 210 valence electrons. The normalized spacial score (nSPS) is 13.1. The Kier molecular flexibility index (Phi) is 16.3. The molecule has 1 aromatic rings. The number of ether oxygens (including phenoxy) is 1. The van der Waals surface area contributed by atoms with Gasteiger partial charge in [0, 0.05) is 11.1 Å². The summed E-state index contributed by atoms with van der Waals surface area (Å²) in [4.78, 5) is 37.5. The molecule has 0 bridgehead atoms. The number of esters is 1. The number of hydrogen-bond donors (Lipinski definition) is 1. The minimum atomic E-state index is -1.89. The number of rotatable bonds is 19. The second kappa shape index (κ2) is 18.0. The lowest BCUT2D eigenvalue weighted by Crippen LogP contribution is -2.45. The number of ketones is 1. The number of carbonyl (C=O) groups excluding carboxylic acids is 3. The number of unbranched alkanes of at least 4 members (excludes halogenated alkanes) is 13. The predicted molar refractivity (Wildman–Crippen MR) is 158 cm³/mol. The van der Waals surface area contributed by atoms with E-state index in [2.05, 4.69) is 28.2 Å². The molecule has 0 radical (unpaired) electrons. The monoisotopic (exact) mass is 599 g/mol. The van der Waals surface area contributed by atoms with Gasteiger partial charge in [-0.15, -0.1) is 0 Å². The molecule has 1 N–H and O–H groups in total. The van der Waals surface area contributed by atoms with E-state index in [-0.39, 0.29) is 0 Å². The van der Waals surface area contributed by atoms with Crippen LogP contribution in [0.5, 0.6) is 0 Å². The van der Waals surface area contributed by atoms with Gasteiger partial charge in [0.15, 0.2) is 5.78 Å². The maximum Gasteiger partial charge on any atom is 0.338 e. The number of anilines is 1. The highest BCUT2D eigenvalue weighted by Gasteiger charge is 2.46. The lowest BCUT2D eigenvalue weighted by molar-refractivity contribution is -0.131. The summed E-state index contributed by atoms with van der Waals surface area (Å²) in [6.07, 6.45) is 17.9. The highest BCUT2D eigenvalue weighted by atomic mass is 79.9. The SMILES string of the molecule is CCCCCCCCCCCCCCCCOC(=O)c1cccc(NC(=O)C(Cl)(Br)C(=O)C(C)(C)C)c1. The topological polar surface area (TPSA) is 72.5 Å². The molecule has 1 rings (SSSR count). The highest BCUT2D eigenvalue weighted by molar-refractivity contribution is 9.11. The van der Waals surface area contributed by atoms with Crippen LogP contribution in [0.25, 0.3) is 0 Å². The Balaban J connectivity index is 2.24. The summed E-state index contributed by atoms with van der Waals surface area (Å²) in [5.41, 5.74) is -0.108. The Hall–Kier alpha value is -1.40. The van der Waals surface area contributed by atoms with Crippen LogP contribution in [0.3, 0.4) is 0 Å². The van der Waals surface area contributed by atoms with Crippen molar-refractivity contribution < 1.29 is 19.1 Å². The van der Waals surface area contributed by atoms with Gasteiger partial charge in [-0.05, 0) is 40.5 Å². The van der Waals surface area contributed by atoms with Crippen LogP contribution in [0.2, 0.25) is 0 Å². The number of amides is 1. The van der Waals surface area contributed by atoms with Crippen molar-refractivity contribution in [2.45, 2.75) is 121 Å². The second-order valence-electron chi connectivity index (χ2n) is 10.9. The molecule has 0 spiro atoms. The van der Waals surface area contributed by atoms with Crippen LogP contribution < -0.4 is 5.32 Å². The molecule has 0 aliphatic carbocycles. The van der Waals surface area contributed by atoms with Crippen LogP contribution in [0.15, 0.2) is 24.3 Å². The quantitative estimate of drug-likeness (QED) is 0.0743. The minimum Gasteiger partial charge on any atom is -0.462 e. The van der Waals surface area contributed by atoms with E-state index in [0.29, 0.717) is 17.9 Å². The number of benzene rings is 1. The molecular weight excluding hydrogens is 554 g/mol. The van der Waals surface area contributed by atoms with Gasteiger partial charge in [-0.25, -0.2) is 4.79 Å². The zero-order valence-corrected chi connectivity index (χ0v) is 25.6. The number of nitrogens with one attached hydrogen (secondary N) is 1. The van der Waals surface area contributed by atoms with Gasteiger partial charge in [-0.3, -0.25) is 9.59 Å². The number of Topliss-reactive ketones (excluding diaryl/α,β-unsaturated/α-hetero) is 1. The Bertz CT molecular complexity index is 835. The van der Waals surface area contributed by atoms with Crippen molar-refractivity contribution in [1.82, 2.24) is 0 Å². The Morgan fingerprint density at radius 2 is 1.32 bits per heavy atom. The van der Waals surface area contributed by atoms with E-state index in [1.165, 1.54) is 76.7 Å². The fraction of sp³-hybridized carbons (Fsp3) is 0.700. The zero-order chi connectivity index (χ0) is 27.7. The van der Waals surface area contributed by atoms with Crippen molar-refractivity contribution in [1.29, 1.82) is 0 Å². The summed E-state index contributed by atoms with van der Waals surface area (Å²) in [5, 5.41) is 2.61. The van der Waals surface area contributed by atoms with Crippen LogP contribution in [0, 0.1) is 5.41 Å². The van der Waals surface area contributed by atoms with Gasteiger partial charge in [0.2, 0.25) is 3.78 Å². The first kappa shape index (κ1) is 33.6. The molecule has 0 aliphatic rings. The Morgan fingerprint density at radius 3 is 1.81 bits per heavy atom. The number of carbonyl (C=O) groups is 3. The maximum absolute atomic E-state index is 12.6. The molecule has 37 heavy (non-hydrogen) atoms. The van der Waals surface area contributed by atoms with Crippen molar-refractivity contribution in [3.63, 3.8) is 0 Å². The Morgan fingerprint density at radius 1 is 0.838 bits per heavy atom. The van der Waals surface area contributed by atoms with Crippen molar-refractivity contribution in [2.24, 2.45) is 5.41 Å². The fourth-order valence-corrected chi connectivity index (χ4v) is 5.08. The van der Waals surface area contributed by atoms with Crippen molar-refractivity contribution in [3.05, 3.63) is 29.8 Å². The van der Waals surface area contributed by atoms with Crippen LogP contribution in [-0.4, -0.2) is 28.1 Å². The first-order chi connectivity index (χ1) is 17.5. The number of hydrogen-bond acceptors (Lipinski definition) is 4. The average molecular weight is 601 g/mol. The first-order valence-electron chi connectivity index (χ1n) is 14.0. The van der Waals surface area contributed by atoms with Gasteiger partial charge in [-0.2, -0.15) is 0 Å². The van der Waals surface area contributed by atoms with Gasteiger partial charge in [0.25, 0.3) is 5.91 Å². The van der Waals surface area contributed by atoms with Gasteiger partial charge < -0.3 is 10.1 Å². The third-order valence-corrected chi connectivity index (χ3v) is 7.40. The van der Waals surface area contributed by atoms with E-state index in [1.807, 2.05) is 0 Å². The van der Waals surface area contributed by atoms with Gasteiger partial charge in [0.05, 0.1) is 12.2 Å². The van der Waals surface area contributed by atoms with Gasteiger partial charge in [-0.1, -0.05) is 129 Å². The van der Waals surface area contributed by atoms with Crippen LogP contribution in [-0.2, 0) is 14.3 Å². The zero-order valence-electron chi connectivity index (χ0n) is 23.3. The predicted octanol–water partition coefficient (Wildman–Crippen LogP) is 9.21. The molecule has 0 fully saturated rings. The summed E-state index contributed by atoms with van der Waals surface area (Å²) < 4.78 is 3.51. The molecule has 1 amide bonds. The van der Waals surface area contributed by atoms with Crippen molar-refractivity contribution in [3.8, 4) is 0 Å². The molecule has 0 saturated carbocycles. The van der Waals surface area contributed by atoms with Crippen LogP contribution in [0.1, 0.15) is 128 Å². The molecule has 1 atom stereocenters. The first-order valence-corrected chi connectivity index (χ1v) is 15.2. The van der Waals surface area contributed by atoms with E-state index in [9.17, 15) is 14.4 Å². The molecule has 7 heteroatoms. The van der Waals surface area contributed by atoms with Crippen LogP contribution in [0.4, 0.5) is 5.69 Å². The van der Waals surface area contributed by atoms with Gasteiger partial charge >= 0.3 is 5.97 Å². The lowest BCUT2D eigenvalue weighted by atomic mass is 9.88. The van der Waals surface area contributed by atoms with E-state index >= 15 is 0 Å². The molecule has 0 aromatic heterocycles. The molecule has 0 saturated heterocycles. The second-order valence-corrected chi connectivity index (χ2v) is 13.1. The lowest BCUT2D eigenvalue weighted by Gasteiger charge is -2.26. The molecule has 5 nitrogen and oxygen atoms in total. The summed E-state index contributed by atoms with van der Waals surface area (Å²) in [6, 6.07) is 6.43. The molecular formula is C30H47BrClNO4. The molecule has 0 aliphatic heterocycles. The number of alkyl halides is 2. The molecule has 0 heterocycles. The maximum atomic E-state index is 12.6. The highest BCUT2D eigenvalue weighted by Crippen LogP contribution is 2.34. The summed E-state index contributed by atoms with van der Waals surface area (Å²) >= 11 is 9.27. The Labute approximate surface area is 238 Å². The fourth-order valence-electron chi connectivity index (χ4n) is 4.05. The van der Waals surface area contributed by atoms with Gasteiger partial charge in [0.1, 0.15) is 0 Å². The summed E-state index contributed by atoms with van der Waals surface area (Å²) in [6.45, 7) is 7.70. The molecule has 1 unspecified atom stereocenters. The summed E-state index contributed by atoms with van der Waals surface area (Å²) in [5.74, 6) is -1.60. The number of halogens is 2. The smallest absolute Gasteiger partial charge is 0.338 e. The summed E-state index contributed by atoms with van der Waals surface area (Å²) in [7, 11) is 0. The van der Waals surface area contributed by atoms with Crippen LogP contribution >= 0.6 is 27.5 Å². The standard InChI is InChI=1S/C30H47BrClNO4/c1-5-6-7-8-9-10-11-12-13-14-15-16-17-18-22-37-26(34)24-20-19-21-25(23-24)33-28(36)30(31,32)27(35)29(2,3)4/h19-21,23H,5-18,22H2,1-4H3,(H,33,36). The minimum absolute atomic E-state index is 0.333. The van der Waals surface area contributed by atoms with E-state index < -0.39 is 26.9 Å². The average Bonchev–Trinajstić information content (AvgIpc) is 2.85. The van der Waals surface area contributed by atoms with Crippen molar-refractivity contribution >= 4 is 50.9 Å². The third-order valence-electron chi connectivity index (χ3n) is 6.34. The third kappa shape index (κ3) is 13.8. The van der Waals surface area contributed by atoms with E-state index in [0.717, 1.165) is 19.3 Å². The largest absolute Gasteiger partial charge is 0.462 e. The molecule has 1 aromatic carbocycles. The van der Waals surface area contributed by atoms with E-state index in [1.54, 1.807) is 39.0 Å². The van der Waals surface area contributed by atoms with Crippen molar-refractivity contribution in [2.75, 3.05) is 11.9 Å². The van der Waals surface area contributed by atoms with E-state index in [4.69, 9.17) is 16.3 Å².